The predicted octanol–water partition coefficient (Wildman–Crippen LogP) is 6.20. The van der Waals surface area contributed by atoms with Crippen LogP contribution < -0.4 is 4.74 Å². The molecule has 10 heteroatoms. The number of rotatable bonds is 3. The maximum atomic E-state index is 12.8. The molecule has 0 fully saturated rings. The average molecular weight is 437 g/mol. The van der Waals surface area contributed by atoms with Crippen molar-refractivity contribution in [2.24, 2.45) is 0 Å². The SMILES string of the molecule is O=S(=O)(O)c1ccc2cc(Oc3c(Cl)cc(C(F)(F)F)cc3Cl)ccc2c1. The van der Waals surface area contributed by atoms with Gasteiger partial charge in [-0.25, -0.2) is 0 Å². The molecule has 0 bridgehead atoms. The largest absolute Gasteiger partial charge is 0.454 e. The van der Waals surface area contributed by atoms with Gasteiger partial charge in [0.1, 0.15) is 5.75 Å². The van der Waals surface area contributed by atoms with Crippen molar-refractivity contribution in [3.63, 3.8) is 0 Å². The van der Waals surface area contributed by atoms with Gasteiger partial charge in [-0.3, -0.25) is 4.55 Å². The molecule has 0 aliphatic heterocycles. The normalized spacial score (nSPS) is 12.4. The topological polar surface area (TPSA) is 63.6 Å². The fourth-order valence-electron chi connectivity index (χ4n) is 2.36. The molecule has 0 unspecified atom stereocenters. The summed E-state index contributed by atoms with van der Waals surface area (Å²) in [6, 6.07) is 9.84. The van der Waals surface area contributed by atoms with E-state index in [0.717, 1.165) is 0 Å². The lowest BCUT2D eigenvalue weighted by Gasteiger charge is -2.13. The zero-order valence-corrected chi connectivity index (χ0v) is 15.4. The van der Waals surface area contributed by atoms with Gasteiger partial charge in [0, 0.05) is 0 Å². The van der Waals surface area contributed by atoms with Crippen LogP contribution in [0.3, 0.4) is 0 Å². The van der Waals surface area contributed by atoms with Gasteiger partial charge in [-0.2, -0.15) is 21.6 Å². The third-order valence-electron chi connectivity index (χ3n) is 3.63. The van der Waals surface area contributed by atoms with Gasteiger partial charge in [-0.05, 0) is 47.2 Å². The van der Waals surface area contributed by atoms with E-state index >= 15 is 0 Å². The molecule has 0 heterocycles. The van der Waals surface area contributed by atoms with Crippen LogP contribution in [0.15, 0.2) is 53.4 Å². The summed E-state index contributed by atoms with van der Waals surface area (Å²) in [4.78, 5) is -0.266. The van der Waals surface area contributed by atoms with Crippen LogP contribution in [0.1, 0.15) is 5.56 Å². The molecule has 1 N–H and O–H groups in total. The van der Waals surface area contributed by atoms with Crippen LogP contribution in [0.25, 0.3) is 10.8 Å². The van der Waals surface area contributed by atoms with Gasteiger partial charge >= 0.3 is 6.18 Å². The van der Waals surface area contributed by atoms with E-state index in [4.69, 9.17) is 32.5 Å². The van der Waals surface area contributed by atoms with E-state index in [1.54, 1.807) is 0 Å². The van der Waals surface area contributed by atoms with Gasteiger partial charge in [0.05, 0.1) is 20.5 Å². The summed E-state index contributed by atoms with van der Waals surface area (Å²) in [5.74, 6) is 0.0888. The predicted molar refractivity (Wildman–Crippen MR) is 95.3 cm³/mol. The fourth-order valence-corrected chi connectivity index (χ4v) is 3.44. The summed E-state index contributed by atoms with van der Waals surface area (Å²) < 4.78 is 75.3. The number of halogens is 5. The highest BCUT2D eigenvalue weighted by atomic mass is 35.5. The molecule has 0 atom stereocenters. The highest BCUT2D eigenvalue weighted by Gasteiger charge is 2.32. The lowest BCUT2D eigenvalue weighted by atomic mass is 10.1. The van der Waals surface area contributed by atoms with Crippen molar-refractivity contribution >= 4 is 44.1 Å². The summed E-state index contributed by atoms with van der Waals surface area (Å²) in [5, 5.41) is 0.453. The highest BCUT2D eigenvalue weighted by molar-refractivity contribution is 7.85. The zero-order chi connectivity index (χ0) is 20.0. The molecule has 4 nitrogen and oxygen atoms in total. The quantitative estimate of drug-likeness (QED) is 0.496. The molecule has 0 aliphatic carbocycles. The molecule has 0 saturated heterocycles. The van der Waals surface area contributed by atoms with Gasteiger partial charge in [0.15, 0.2) is 5.75 Å². The van der Waals surface area contributed by atoms with Crippen LogP contribution in [0, 0.1) is 0 Å². The highest BCUT2D eigenvalue weighted by Crippen LogP contribution is 2.42. The van der Waals surface area contributed by atoms with Crippen molar-refractivity contribution in [3.05, 3.63) is 64.1 Å². The average Bonchev–Trinajstić information content (AvgIpc) is 2.55. The molecule has 0 amide bonds. The van der Waals surface area contributed by atoms with Crippen molar-refractivity contribution in [3.8, 4) is 11.5 Å². The molecule has 0 aliphatic rings. The van der Waals surface area contributed by atoms with Crippen LogP contribution in [0.4, 0.5) is 13.2 Å². The molecule has 3 rings (SSSR count). The van der Waals surface area contributed by atoms with Crippen molar-refractivity contribution in [1.29, 1.82) is 0 Å². The fraction of sp³-hybridized carbons (Fsp3) is 0.0588. The third-order valence-corrected chi connectivity index (χ3v) is 5.04. The maximum absolute atomic E-state index is 12.8. The summed E-state index contributed by atoms with van der Waals surface area (Å²) >= 11 is 11.8. The summed E-state index contributed by atoms with van der Waals surface area (Å²) in [7, 11) is -4.34. The van der Waals surface area contributed by atoms with Crippen molar-refractivity contribution in [1.82, 2.24) is 0 Å². The lowest BCUT2D eigenvalue weighted by Crippen LogP contribution is -2.05. The number of hydrogen-bond donors (Lipinski definition) is 1. The summed E-state index contributed by atoms with van der Waals surface area (Å²) in [6.45, 7) is 0. The Balaban J connectivity index is 1.98. The molecular weight excluding hydrogens is 428 g/mol. The molecule has 142 valence electrons. The Morgan fingerprint density at radius 2 is 1.44 bits per heavy atom. The number of hydrogen-bond acceptors (Lipinski definition) is 3. The minimum Gasteiger partial charge on any atom is -0.454 e. The first kappa shape index (κ1) is 19.8. The second-order valence-electron chi connectivity index (χ2n) is 5.51. The molecule has 0 radical (unpaired) electrons. The first-order valence-corrected chi connectivity index (χ1v) is 9.40. The molecular formula is C17H9Cl2F3O4S. The van der Waals surface area contributed by atoms with Gasteiger partial charge in [-0.1, -0.05) is 35.3 Å². The van der Waals surface area contributed by atoms with E-state index in [1.165, 1.54) is 36.4 Å². The Labute approximate surface area is 161 Å². The van der Waals surface area contributed by atoms with Crippen LogP contribution in [0.2, 0.25) is 10.0 Å². The molecule has 0 aromatic heterocycles. The van der Waals surface area contributed by atoms with E-state index in [-0.39, 0.29) is 26.4 Å². The molecule has 0 spiro atoms. The summed E-state index contributed by atoms with van der Waals surface area (Å²) in [5.41, 5.74) is -0.999. The Hall–Kier alpha value is -2.00. The van der Waals surface area contributed by atoms with E-state index in [9.17, 15) is 21.6 Å². The van der Waals surface area contributed by atoms with Crippen LogP contribution in [0.5, 0.6) is 11.5 Å². The number of alkyl halides is 3. The van der Waals surface area contributed by atoms with E-state index < -0.39 is 21.9 Å². The van der Waals surface area contributed by atoms with Crippen molar-refractivity contribution in [2.45, 2.75) is 11.1 Å². The molecule has 0 saturated carbocycles. The monoisotopic (exact) mass is 436 g/mol. The minimum absolute atomic E-state index is 0.139. The van der Waals surface area contributed by atoms with Crippen molar-refractivity contribution < 1.29 is 30.9 Å². The van der Waals surface area contributed by atoms with E-state index in [1.807, 2.05) is 0 Å². The second-order valence-corrected chi connectivity index (χ2v) is 7.75. The minimum atomic E-state index is -4.60. The van der Waals surface area contributed by atoms with E-state index in [0.29, 0.717) is 22.9 Å². The van der Waals surface area contributed by atoms with Gasteiger partial charge < -0.3 is 4.74 Å². The smallest absolute Gasteiger partial charge is 0.416 e. The first-order valence-electron chi connectivity index (χ1n) is 7.20. The van der Waals surface area contributed by atoms with Crippen LogP contribution in [-0.2, 0) is 16.3 Å². The van der Waals surface area contributed by atoms with Crippen LogP contribution >= 0.6 is 23.2 Å². The lowest BCUT2D eigenvalue weighted by molar-refractivity contribution is -0.137. The van der Waals surface area contributed by atoms with Gasteiger partial charge in [0.25, 0.3) is 10.1 Å². The Morgan fingerprint density at radius 1 is 0.889 bits per heavy atom. The van der Waals surface area contributed by atoms with E-state index in [2.05, 4.69) is 0 Å². The summed E-state index contributed by atoms with van der Waals surface area (Å²) in [6.07, 6.45) is -4.60. The first-order chi connectivity index (χ1) is 12.4. The third kappa shape index (κ3) is 4.30. The Bertz CT molecular complexity index is 1120. The zero-order valence-electron chi connectivity index (χ0n) is 13.1. The van der Waals surface area contributed by atoms with Crippen LogP contribution in [-0.4, -0.2) is 13.0 Å². The molecule has 3 aromatic rings. The second kappa shape index (κ2) is 6.87. The standard InChI is InChI=1S/C17H9Cl2F3O4S/c18-14-7-11(17(20,21)22)8-15(19)16(14)26-12-3-1-10-6-13(27(23,24)25)4-2-9(10)5-12/h1-8H,(H,23,24,25). The Morgan fingerprint density at radius 3 is 2.00 bits per heavy atom. The van der Waals surface area contributed by atoms with Gasteiger partial charge in [-0.15, -0.1) is 0 Å². The maximum Gasteiger partial charge on any atom is 0.416 e. The molecule has 3 aromatic carbocycles. The Kier molecular flexibility index (Phi) is 5.02. The van der Waals surface area contributed by atoms with Crippen molar-refractivity contribution in [2.75, 3.05) is 0 Å². The number of ether oxygens (including phenoxy) is 1. The number of benzene rings is 3. The molecule has 27 heavy (non-hydrogen) atoms. The number of fused-ring (bicyclic) bond motifs is 1. The van der Waals surface area contributed by atoms with Gasteiger partial charge in [0.2, 0.25) is 0 Å².